The lowest BCUT2D eigenvalue weighted by Crippen LogP contribution is -2.51. The molecule has 1 fully saturated rings. The van der Waals surface area contributed by atoms with Gasteiger partial charge in [0.2, 0.25) is 0 Å². The van der Waals surface area contributed by atoms with Crippen molar-refractivity contribution in [1.82, 2.24) is 24.6 Å². The fourth-order valence-electron chi connectivity index (χ4n) is 3.00. The number of piperazine rings is 1. The predicted molar refractivity (Wildman–Crippen MR) is 120 cm³/mol. The molecule has 25 heavy (non-hydrogen) atoms. The topological polar surface area (TPSA) is 39.0 Å². The Hall–Kier alpha value is -0.320. The molecule has 1 aromatic heterocycles. The summed E-state index contributed by atoms with van der Waals surface area (Å²) in [5, 5.41) is 3.42. The lowest BCUT2D eigenvalue weighted by atomic mass is 10.2. The predicted octanol–water partition coefficient (Wildman–Crippen LogP) is 2.05. The number of aromatic nitrogens is 1. The maximum absolute atomic E-state index is 4.90. The van der Waals surface area contributed by atoms with Gasteiger partial charge in [-0.2, -0.15) is 0 Å². The molecule has 6 nitrogen and oxygen atoms in total. The first-order valence-corrected chi connectivity index (χ1v) is 9.39. The summed E-state index contributed by atoms with van der Waals surface area (Å²) in [6, 6.07) is 2.64. The minimum atomic E-state index is 0. The fraction of sp³-hybridized carbons (Fsp3) is 0.706. The van der Waals surface area contributed by atoms with Crippen LogP contribution in [0.2, 0.25) is 0 Å². The van der Waals surface area contributed by atoms with Crippen LogP contribution in [0.1, 0.15) is 12.6 Å². The third-order valence-corrected chi connectivity index (χ3v) is 5.04. The summed E-state index contributed by atoms with van der Waals surface area (Å²) in [7, 11) is 8.56. The molecule has 0 spiro atoms. The van der Waals surface area contributed by atoms with Gasteiger partial charge < -0.3 is 19.7 Å². The molecular formula is C17H32BrIN6. The first kappa shape index (κ1) is 22.7. The van der Waals surface area contributed by atoms with Crippen LogP contribution in [0, 0.1) is 0 Å². The zero-order valence-corrected chi connectivity index (χ0v) is 19.9. The highest BCUT2D eigenvalue weighted by Crippen LogP contribution is 2.15. The van der Waals surface area contributed by atoms with Crippen molar-refractivity contribution in [2.24, 2.45) is 12.0 Å². The Kier molecular flexibility index (Phi) is 9.76. The van der Waals surface area contributed by atoms with Crippen LogP contribution >= 0.6 is 39.9 Å². The molecule has 1 aliphatic heterocycles. The first-order chi connectivity index (χ1) is 11.4. The molecule has 0 radical (unpaired) electrons. The van der Waals surface area contributed by atoms with Gasteiger partial charge in [-0.25, -0.2) is 0 Å². The van der Waals surface area contributed by atoms with Crippen LogP contribution in [-0.4, -0.2) is 85.1 Å². The second-order valence-electron chi connectivity index (χ2n) is 6.71. The number of hydrogen-bond acceptors (Lipinski definition) is 3. The molecule has 0 bridgehead atoms. The maximum Gasteiger partial charge on any atom is 0.194 e. The summed E-state index contributed by atoms with van der Waals surface area (Å²) >= 11 is 3.54. The summed E-state index contributed by atoms with van der Waals surface area (Å²) in [6.45, 7) is 7.97. The van der Waals surface area contributed by atoms with Gasteiger partial charge in [0.15, 0.2) is 5.96 Å². The number of likely N-dealkylation sites (N-methyl/N-ethyl adjacent to an activating group) is 2. The van der Waals surface area contributed by atoms with Gasteiger partial charge in [-0.05, 0) is 43.0 Å². The van der Waals surface area contributed by atoms with E-state index >= 15 is 0 Å². The van der Waals surface area contributed by atoms with Gasteiger partial charge in [0.25, 0.3) is 0 Å². The molecule has 1 aliphatic rings. The van der Waals surface area contributed by atoms with Gasteiger partial charge in [-0.3, -0.25) is 9.89 Å². The Morgan fingerprint density at radius 3 is 2.68 bits per heavy atom. The van der Waals surface area contributed by atoms with E-state index in [2.05, 4.69) is 87.9 Å². The third kappa shape index (κ3) is 6.73. The molecule has 0 saturated carbocycles. The van der Waals surface area contributed by atoms with E-state index in [9.17, 15) is 0 Å². The minimum absolute atomic E-state index is 0. The number of hydrogen-bond donors (Lipinski definition) is 1. The Morgan fingerprint density at radius 1 is 1.36 bits per heavy atom. The van der Waals surface area contributed by atoms with Crippen LogP contribution in [0.25, 0.3) is 0 Å². The fourth-order valence-corrected chi connectivity index (χ4v) is 3.57. The maximum atomic E-state index is 4.90. The second kappa shape index (κ2) is 10.7. The number of aliphatic imine (C=N–C) groups is 1. The Morgan fingerprint density at radius 2 is 2.08 bits per heavy atom. The number of nitrogens with one attached hydrogen (secondary N) is 1. The summed E-state index contributed by atoms with van der Waals surface area (Å²) < 4.78 is 3.26. The molecule has 0 amide bonds. The van der Waals surface area contributed by atoms with Crippen molar-refractivity contribution in [2.75, 3.05) is 53.9 Å². The average Bonchev–Trinajstić information content (AvgIpc) is 2.84. The molecule has 2 rings (SSSR count). The second-order valence-corrected chi connectivity index (χ2v) is 7.62. The van der Waals surface area contributed by atoms with Crippen molar-refractivity contribution in [1.29, 1.82) is 0 Å². The van der Waals surface area contributed by atoms with Crippen molar-refractivity contribution in [3.8, 4) is 0 Å². The summed E-state index contributed by atoms with van der Waals surface area (Å²) in [4.78, 5) is 11.9. The van der Waals surface area contributed by atoms with Gasteiger partial charge in [-0.15, -0.1) is 24.0 Å². The van der Waals surface area contributed by atoms with Gasteiger partial charge >= 0.3 is 0 Å². The van der Waals surface area contributed by atoms with Crippen molar-refractivity contribution in [2.45, 2.75) is 19.5 Å². The van der Waals surface area contributed by atoms with Crippen molar-refractivity contribution in [3.05, 3.63) is 22.4 Å². The highest BCUT2D eigenvalue weighted by atomic mass is 127. The number of guanidine groups is 1. The van der Waals surface area contributed by atoms with Crippen molar-refractivity contribution in [3.63, 3.8) is 0 Å². The first-order valence-electron chi connectivity index (χ1n) is 8.59. The van der Waals surface area contributed by atoms with E-state index in [1.54, 1.807) is 0 Å². The molecule has 2 heterocycles. The summed E-state index contributed by atoms with van der Waals surface area (Å²) in [5.41, 5.74) is 1.25. The van der Waals surface area contributed by atoms with E-state index < -0.39 is 0 Å². The molecule has 0 aliphatic carbocycles. The van der Waals surface area contributed by atoms with Crippen LogP contribution in [0.15, 0.2) is 21.7 Å². The lowest BCUT2D eigenvalue weighted by molar-refractivity contribution is 0.119. The molecule has 1 saturated heterocycles. The van der Waals surface area contributed by atoms with Gasteiger partial charge in [0.05, 0.1) is 13.1 Å². The number of aryl methyl sites for hydroxylation is 1. The summed E-state index contributed by atoms with van der Waals surface area (Å²) in [5.74, 6) is 0.969. The molecule has 144 valence electrons. The van der Waals surface area contributed by atoms with E-state index in [0.717, 1.165) is 49.7 Å². The monoisotopic (exact) mass is 526 g/mol. The van der Waals surface area contributed by atoms with Crippen LogP contribution < -0.4 is 5.32 Å². The Bertz CT molecular complexity index is 561. The van der Waals surface area contributed by atoms with Crippen LogP contribution in [0.4, 0.5) is 0 Å². The SMILES string of the molecule is CCNC(=NCC1CN(C)CCN1C)N(C)Cc1cc(Br)cn1C.I. The molecule has 1 atom stereocenters. The number of rotatable bonds is 5. The highest BCUT2D eigenvalue weighted by molar-refractivity contribution is 14.0. The smallest absolute Gasteiger partial charge is 0.194 e. The van der Waals surface area contributed by atoms with Gasteiger partial charge in [-0.1, -0.05) is 0 Å². The largest absolute Gasteiger partial charge is 0.357 e. The Labute approximate surface area is 177 Å². The van der Waals surface area contributed by atoms with Crippen LogP contribution in [0.3, 0.4) is 0 Å². The zero-order chi connectivity index (χ0) is 17.7. The average molecular weight is 527 g/mol. The molecule has 1 unspecified atom stereocenters. The molecule has 1 aromatic rings. The number of halogens is 2. The molecule has 0 aromatic carbocycles. The van der Waals surface area contributed by atoms with E-state index in [1.165, 1.54) is 5.69 Å². The summed E-state index contributed by atoms with van der Waals surface area (Å²) in [6.07, 6.45) is 2.08. The zero-order valence-electron chi connectivity index (χ0n) is 16.0. The standard InChI is InChI=1S/C17H31BrN6.HI/c1-6-19-17(20-10-16-12-21(2)7-8-22(16)3)24(5)13-15-9-14(18)11-23(15)4;/h9,11,16H,6-8,10,12-13H2,1-5H3,(H,19,20);1H. The van der Waals surface area contributed by atoms with Gasteiger partial charge in [0.1, 0.15) is 0 Å². The molecular weight excluding hydrogens is 495 g/mol. The third-order valence-electron chi connectivity index (χ3n) is 4.60. The Balaban J connectivity index is 0.00000312. The van der Waals surface area contributed by atoms with Gasteiger partial charge in [0, 0.05) is 62.7 Å². The highest BCUT2D eigenvalue weighted by Gasteiger charge is 2.22. The minimum Gasteiger partial charge on any atom is -0.357 e. The van der Waals surface area contributed by atoms with E-state index in [0.29, 0.717) is 6.04 Å². The van der Waals surface area contributed by atoms with Crippen LogP contribution in [0.5, 0.6) is 0 Å². The normalized spacial score (nSPS) is 19.6. The molecule has 8 heteroatoms. The van der Waals surface area contributed by atoms with E-state index in [-0.39, 0.29) is 24.0 Å². The van der Waals surface area contributed by atoms with E-state index in [1.807, 2.05) is 0 Å². The van der Waals surface area contributed by atoms with Crippen molar-refractivity contribution >= 4 is 45.9 Å². The number of nitrogens with zero attached hydrogens (tertiary/aromatic N) is 5. The van der Waals surface area contributed by atoms with Crippen molar-refractivity contribution < 1.29 is 0 Å². The quantitative estimate of drug-likeness (QED) is 0.362. The van der Waals surface area contributed by atoms with Crippen LogP contribution in [-0.2, 0) is 13.6 Å². The lowest BCUT2D eigenvalue weighted by Gasteiger charge is -2.37. The molecule has 1 N–H and O–H groups in total. The van der Waals surface area contributed by atoms with E-state index in [4.69, 9.17) is 4.99 Å².